The Morgan fingerprint density at radius 2 is 1.76 bits per heavy atom. The van der Waals surface area contributed by atoms with E-state index in [1.807, 2.05) is 37.3 Å². The van der Waals surface area contributed by atoms with Crippen molar-refractivity contribution in [3.63, 3.8) is 0 Å². The van der Waals surface area contributed by atoms with E-state index in [2.05, 4.69) is 0 Å². The molecule has 4 rings (SSSR count). The zero-order valence-corrected chi connectivity index (χ0v) is 14.3. The number of rotatable bonds is 3. The molecule has 5 nitrogen and oxygen atoms in total. The molecule has 0 saturated carbocycles. The van der Waals surface area contributed by atoms with Gasteiger partial charge in [-0.1, -0.05) is 30.3 Å². The molecule has 5 heteroatoms. The second kappa shape index (κ2) is 5.55. The molecule has 0 amide bonds. The van der Waals surface area contributed by atoms with Gasteiger partial charge in [0.2, 0.25) is 5.75 Å². The fraction of sp³-hybridized carbons (Fsp3) is 0.250. The van der Waals surface area contributed by atoms with E-state index in [0.29, 0.717) is 33.8 Å². The van der Waals surface area contributed by atoms with E-state index in [9.17, 15) is 4.79 Å². The number of hydrogen-bond acceptors (Lipinski definition) is 5. The van der Waals surface area contributed by atoms with E-state index < -0.39 is 5.60 Å². The Morgan fingerprint density at radius 3 is 2.44 bits per heavy atom. The quantitative estimate of drug-likeness (QED) is 0.711. The number of benzene rings is 2. The van der Waals surface area contributed by atoms with Crippen LogP contribution in [0.2, 0.25) is 0 Å². The first kappa shape index (κ1) is 15.6. The fourth-order valence-electron chi connectivity index (χ4n) is 3.47. The van der Waals surface area contributed by atoms with E-state index in [4.69, 9.17) is 18.6 Å². The maximum Gasteiger partial charge on any atom is 0.205 e. The third kappa shape index (κ3) is 2.19. The van der Waals surface area contributed by atoms with Crippen LogP contribution >= 0.6 is 0 Å². The summed E-state index contributed by atoms with van der Waals surface area (Å²) < 4.78 is 22.9. The van der Waals surface area contributed by atoms with Crippen molar-refractivity contribution in [1.82, 2.24) is 0 Å². The summed E-state index contributed by atoms with van der Waals surface area (Å²) in [4.78, 5) is 13.0. The summed E-state index contributed by atoms with van der Waals surface area (Å²) in [7, 11) is 3.07. The minimum absolute atomic E-state index is 0.0501. The highest BCUT2D eigenvalue weighted by Crippen LogP contribution is 2.52. The standard InChI is InChI=1S/C20H18O5/c1-20(12-7-5-4-6-8-12)11-14(21)15-16(22-2)13-9-10-24-17(13)19(23-3)18(15)25-20/h4-10H,11H2,1-3H3. The first-order chi connectivity index (χ1) is 12.1. The SMILES string of the molecule is COc1c2c(c(OC)c3occc13)OC(C)(c1ccccc1)CC2=O. The molecule has 3 aromatic rings. The van der Waals surface area contributed by atoms with Crippen LogP contribution in [-0.2, 0) is 5.60 Å². The van der Waals surface area contributed by atoms with Crippen LogP contribution in [0.5, 0.6) is 17.2 Å². The molecule has 2 aromatic carbocycles. The predicted octanol–water partition coefficient (Wildman–Crippen LogP) is 4.33. The second-order valence-corrected chi connectivity index (χ2v) is 6.23. The Hall–Kier alpha value is -2.95. The highest BCUT2D eigenvalue weighted by atomic mass is 16.5. The molecule has 0 bridgehead atoms. The first-order valence-corrected chi connectivity index (χ1v) is 8.02. The van der Waals surface area contributed by atoms with Gasteiger partial charge in [-0.15, -0.1) is 0 Å². The number of furan rings is 1. The number of carbonyl (C=O) groups is 1. The van der Waals surface area contributed by atoms with Crippen LogP contribution in [0, 0.1) is 0 Å². The summed E-state index contributed by atoms with van der Waals surface area (Å²) in [6, 6.07) is 11.5. The Bertz CT molecular complexity index is 957. The molecule has 128 valence electrons. The van der Waals surface area contributed by atoms with Crippen molar-refractivity contribution >= 4 is 16.8 Å². The lowest BCUT2D eigenvalue weighted by Gasteiger charge is -2.36. The Balaban J connectivity index is 1.99. The molecule has 0 saturated heterocycles. The number of carbonyl (C=O) groups excluding carboxylic acids is 1. The average Bonchev–Trinajstić information content (AvgIpc) is 3.09. The van der Waals surface area contributed by atoms with Gasteiger partial charge in [0.1, 0.15) is 16.9 Å². The van der Waals surface area contributed by atoms with Gasteiger partial charge >= 0.3 is 0 Å². The molecule has 0 fully saturated rings. The minimum Gasteiger partial charge on any atom is -0.495 e. The van der Waals surface area contributed by atoms with Crippen LogP contribution in [-0.4, -0.2) is 20.0 Å². The van der Waals surface area contributed by atoms with Crippen LogP contribution in [0.4, 0.5) is 0 Å². The van der Waals surface area contributed by atoms with Crippen molar-refractivity contribution in [2.24, 2.45) is 0 Å². The normalized spacial score (nSPS) is 19.4. The lowest BCUT2D eigenvalue weighted by Crippen LogP contribution is -2.37. The third-order valence-electron chi connectivity index (χ3n) is 4.67. The van der Waals surface area contributed by atoms with Gasteiger partial charge in [-0.25, -0.2) is 0 Å². The Labute approximate surface area is 145 Å². The zero-order chi connectivity index (χ0) is 17.6. The maximum atomic E-state index is 13.0. The van der Waals surface area contributed by atoms with Gasteiger partial charge in [0.05, 0.1) is 32.3 Å². The van der Waals surface area contributed by atoms with E-state index in [1.54, 1.807) is 12.3 Å². The summed E-state index contributed by atoms with van der Waals surface area (Å²) in [6.07, 6.45) is 1.76. The number of hydrogen-bond donors (Lipinski definition) is 0. The topological polar surface area (TPSA) is 57.9 Å². The molecule has 1 aliphatic rings. The monoisotopic (exact) mass is 338 g/mol. The maximum absolute atomic E-state index is 13.0. The van der Waals surface area contributed by atoms with Crippen molar-refractivity contribution in [3.05, 3.63) is 53.8 Å². The third-order valence-corrected chi connectivity index (χ3v) is 4.67. The summed E-state index contributed by atoms with van der Waals surface area (Å²) >= 11 is 0. The summed E-state index contributed by atoms with van der Waals surface area (Å²) in [6.45, 7) is 1.90. The molecular formula is C20H18O5. The Morgan fingerprint density at radius 1 is 1.04 bits per heavy atom. The van der Waals surface area contributed by atoms with Gasteiger partial charge in [0, 0.05) is 0 Å². The van der Waals surface area contributed by atoms with Gasteiger partial charge in [-0.2, -0.15) is 0 Å². The molecule has 1 unspecified atom stereocenters. The number of fused-ring (bicyclic) bond motifs is 2. The van der Waals surface area contributed by atoms with Crippen LogP contribution < -0.4 is 14.2 Å². The van der Waals surface area contributed by atoms with E-state index >= 15 is 0 Å². The lowest BCUT2D eigenvalue weighted by molar-refractivity contribution is 0.0477. The largest absolute Gasteiger partial charge is 0.495 e. The van der Waals surface area contributed by atoms with Crippen molar-refractivity contribution in [2.75, 3.05) is 14.2 Å². The second-order valence-electron chi connectivity index (χ2n) is 6.23. The number of ether oxygens (including phenoxy) is 3. The van der Waals surface area contributed by atoms with Gasteiger partial charge in [0.25, 0.3) is 0 Å². The average molecular weight is 338 g/mol. The molecule has 1 atom stereocenters. The summed E-state index contributed by atoms with van der Waals surface area (Å²) in [5.74, 6) is 1.18. The van der Waals surface area contributed by atoms with Crippen molar-refractivity contribution in [1.29, 1.82) is 0 Å². The number of Topliss-reactive ketones (excluding diaryl/α,β-unsaturated/α-hetero) is 1. The molecular weight excluding hydrogens is 320 g/mol. The Kier molecular flexibility index (Phi) is 3.46. The van der Waals surface area contributed by atoms with E-state index in [-0.39, 0.29) is 12.2 Å². The molecule has 0 radical (unpaired) electrons. The van der Waals surface area contributed by atoms with Crippen LogP contribution in [0.1, 0.15) is 29.3 Å². The smallest absolute Gasteiger partial charge is 0.205 e. The molecule has 0 N–H and O–H groups in total. The molecule has 1 aliphatic heterocycles. The predicted molar refractivity (Wildman–Crippen MR) is 92.7 cm³/mol. The van der Waals surface area contributed by atoms with Crippen molar-refractivity contribution in [2.45, 2.75) is 18.9 Å². The highest BCUT2D eigenvalue weighted by Gasteiger charge is 2.42. The summed E-state index contributed by atoms with van der Waals surface area (Å²) in [5.41, 5.74) is 1.05. The van der Waals surface area contributed by atoms with Crippen LogP contribution in [0.15, 0.2) is 47.1 Å². The van der Waals surface area contributed by atoms with E-state index in [0.717, 1.165) is 5.56 Å². The molecule has 1 aromatic heterocycles. The van der Waals surface area contributed by atoms with Crippen LogP contribution in [0.25, 0.3) is 11.0 Å². The molecule has 25 heavy (non-hydrogen) atoms. The zero-order valence-electron chi connectivity index (χ0n) is 14.3. The first-order valence-electron chi connectivity index (χ1n) is 8.02. The number of methoxy groups -OCH3 is 2. The molecule has 0 aliphatic carbocycles. The molecule has 0 spiro atoms. The fourth-order valence-corrected chi connectivity index (χ4v) is 3.47. The van der Waals surface area contributed by atoms with Gasteiger partial charge < -0.3 is 18.6 Å². The molecule has 2 heterocycles. The number of ketones is 1. The van der Waals surface area contributed by atoms with Crippen molar-refractivity contribution in [3.8, 4) is 17.2 Å². The van der Waals surface area contributed by atoms with Gasteiger partial charge in [-0.3, -0.25) is 4.79 Å². The minimum atomic E-state index is -0.788. The van der Waals surface area contributed by atoms with Gasteiger partial charge in [0.15, 0.2) is 17.1 Å². The van der Waals surface area contributed by atoms with Crippen LogP contribution in [0.3, 0.4) is 0 Å². The van der Waals surface area contributed by atoms with E-state index in [1.165, 1.54) is 14.2 Å². The van der Waals surface area contributed by atoms with Gasteiger partial charge in [-0.05, 0) is 18.6 Å². The van der Waals surface area contributed by atoms with Crippen molar-refractivity contribution < 1.29 is 23.4 Å². The lowest BCUT2D eigenvalue weighted by atomic mass is 9.85. The highest BCUT2D eigenvalue weighted by molar-refractivity contribution is 6.10. The summed E-state index contributed by atoms with van der Waals surface area (Å²) in [5, 5.41) is 0.693.